The van der Waals surface area contributed by atoms with Gasteiger partial charge in [0.15, 0.2) is 5.11 Å². The summed E-state index contributed by atoms with van der Waals surface area (Å²) in [6.45, 7) is 2.05. The molecule has 3 atom stereocenters. The van der Waals surface area contributed by atoms with Crippen LogP contribution >= 0.6 is 23.8 Å². The van der Waals surface area contributed by atoms with Crippen molar-refractivity contribution in [2.45, 2.75) is 19.1 Å². The fourth-order valence-corrected chi connectivity index (χ4v) is 5.16. The molecule has 4 aromatic rings. The number of likely N-dealkylation sites (N-methyl/N-ethyl adjacent to an activating group) is 1. The van der Waals surface area contributed by atoms with E-state index in [1.54, 1.807) is 25.2 Å². The minimum Gasteiger partial charge on any atom is -0.627 e. The number of quaternary nitrogens is 1. The van der Waals surface area contributed by atoms with Crippen LogP contribution in [-0.2, 0) is 0 Å². The van der Waals surface area contributed by atoms with Crippen LogP contribution in [-0.4, -0.2) is 24.9 Å². The number of rotatable bonds is 3. The molecule has 0 saturated carbocycles. The van der Waals surface area contributed by atoms with Crippen molar-refractivity contribution in [1.29, 1.82) is 0 Å². The molecule has 0 amide bonds. The molecule has 0 aliphatic carbocycles. The number of thiocarbonyl (C=S) groups is 1. The number of anilines is 1. The maximum atomic E-state index is 13.7. The number of hydroxylamine groups is 2. The predicted molar refractivity (Wildman–Crippen MR) is 149 cm³/mol. The van der Waals surface area contributed by atoms with Gasteiger partial charge in [0.25, 0.3) is 0 Å². The Hall–Kier alpha value is -3.27. The van der Waals surface area contributed by atoms with E-state index in [1.807, 2.05) is 55.5 Å². The van der Waals surface area contributed by atoms with Crippen molar-refractivity contribution in [2.75, 3.05) is 18.9 Å². The number of nitrogens with zero attached hydrogens (tertiary/aromatic N) is 1. The average molecular weight is 521 g/mol. The minimum atomic E-state index is -0.608. The first-order valence-electron chi connectivity index (χ1n) is 11.5. The summed E-state index contributed by atoms with van der Waals surface area (Å²) < 4.78 is 4.73. The molecule has 9 heteroatoms. The van der Waals surface area contributed by atoms with E-state index in [9.17, 15) is 10.0 Å². The van der Waals surface area contributed by atoms with Crippen molar-refractivity contribution >= 4 is 51.3 Å². The van der Waals surface area contributed by atoms with Crippen molar-refractivity contribution in [3.8, 4) is 0 Å². The standard InChI is InChI=1S/C27H25ClN4O3S/c1-16-12-25(33)35-23-14-19(9-10-20(16)23)29-27(36)31-24-15-32(2,34)22-11-8-18(28)13-21(22)26(30-24)17-6-4-3-5-7-17/h3-14,24,26,30H,15H2,1-2H3,(H2,29,31,36). The molecule has 3 unspecified atom stereocenters. The molecule has 3 aromatic carbocycles. The largest absolute Gasteiger partial charge is 0.627 e. The lowest BCUT2D eigenvalue weighted by molar-refractivity contribution is 0.356. The summed E-state index contributed by atoms with van der Waals surface area (Å²) in [6.07, 6.45) is -0.454. The molecule has 0 radical (unpaired) electrons. The summed E-state index contributed by atoms with van der Waals surface area (Å²) >= 11 is 11.9. The summed E-state index contributed by atoms with van der Waals surface area (Å²) in [7, 11) is 1.63. The normalized spacial score (nSPS) is 21.4. The van der Waals surface area contributed by atoms with Gasteiger partial charge in [0.1, 0.15) is 24.0 Å². The number of nitrogens with one attached hydrogen (secondary N) is 3. The van der Waals surface area contributed by atoms with Gasteiger partial charge in [-0.2, -0.15) is 0 Å². The lowest BCUT2D eigenvalue weighted by Gasteiger charge is -2.39. The van der Waals surface area contributed by atoms with Crippen LogP contribution in [0.25, 0.3) is 11.0 Å². The number of hydrogen-bond donors (Lipinski definition) is 3. The SMILES string of the molecule is Cc1cc(=O)oc2cc(NC(=S)NC3C[N+](C)([O-])c4ccc(Cl)cc4C(c4ccccc4)N3)ccc12. The molecule has 1 aliphatic rings. The Morgan fingerprint density at radius 1 is 1.14 bits per heavy atom. The van der Waals surface area contributed by atoms with E-state index in [1.165, 1.54) is 6.07 Å². The highest BCUT2D eigenvalue weighted by molar-refractivity contribution is 7.80. The minimum absolute atomic E-state index is 0.186. The quantitative estimate of drug-likeness (QED) is 0.148. The molecule has 0 saturated heterocycles. The molecule has 2 heterocycles. The van der Waals surface area contributed by atoms with Gasteiger partial charge in [-0.25, -0.2) is 4.79 Å². The van der Waals surface area contributed by atoms with E-state index in [0.717, 1.165) is 22.1 Å². The van der Waals surface area contributed by atoms with E-state index in [2.05, 4.69) is 16.0 Å². The van der Waals surface area contributed by atoms with Gasteiger partial charge in [-0.05, 0) is 54.5 Å². The van der Waals surface area contributed by atoms with Crippen LogP contribution in [0, 0.1) is 12.1 Å². The van der Waals surface area contributed by atoms with Crippen molar-refractivity contribution in [3.63, 3.8) is 0 Å². The summed E-state index contributed by atoms with van der Waals surface area (Å²) in [5.41, 5.74) is 4.05. The molecule has 0 spiro atoms. The molecule has 0 fully saturated rings. The summed E-state index contributed by atoms with van der Waals surface area (Å²) in [4.78, 5) is 11.8. The highest BCUT2D eigenvalue weighted by atomic mass is 35.5. The Kier molecular flexibility index (Phi) is 6.55. The Bertz CT molecular complexity index is 1510. The highest BCUT2D eigenvalue weighted by Gasteiger charge is 2.34. The van der Waals surface area contributed by atoms with E-state index >= 15 is 0 Å². The van der Waals surface area contributed by atoms with Crippen LogP contribution in [0.2, 0.25) is 5.02 Å². The maximum Gasteiger partial charge on any atom is 0.336 e. The Morgan fingerprint density at radius 2 is 1.92 bits per heavy atom. The molecule has 36 heavy (non-hydrogen) atoms. The Balaban J connectivity index is 1.42. The smallest absolute Gasteiger partial charge is 0.336 e. The molecule has 5 rings (SSSR count). The Morgan fingerprint density at radius 3 is 2.69 bits per heavy atom. The van der Waals surface area contributed by atoms with Crippen LogP contribution < -0.4 is 26.2 Å². The molecule has 1 aromatic heterocycles. The number of fused-ring (bicyclic) bond motifs is 2. The van der Waals surface area contributed by atoms with Gasteiger partial charge in [0.05, 0.1) is 13.1 Å². The van der Waals surface area contributed by atoms with Crippen molar-refractivity contribution < 1.29 is 4.42 Å². The second kappa shape index (κ2) is 9.65. The van der Waals surface area contributed by atoms with Crippen LogP contribution in [0.4, 0.5) is 11.4 Å². The number of benzene rings is 3. The molecule has 184 valence electrons. The second-order valence-corrected chi connectivity index (χ2v) is 9.95. The van der Waals surface area contributed by atoms with Crippen molar-refractivity contribution in [3.05, 3.63) is 110 Å². The first-order valence-corrected chi connectivity index (χ1v) is 12.3. The first-order chi connectivity index (χ1) is 17.2. The molecular weight excluding hydrogens is 496 g/mol. The summed E-state index contributed by atoms with van der Waals surface area (Å²) in [5, 5.41) is 25.4. The van der Waals surface area contributed by atoms with Gasteiger partial charge in [0.2, 0.25) is 0 Å². The third-order valence-electron chi connectivity index (χ3n) is 6.36. The zero-order valence-corrected chi connectivity index (χ0v) is 21.3. The van der Waals surface area contributed by atoms with Gasteiger partial charge < -0.3 is 24.9 Å². The van der Waals surface area contributed by atoms with E-state index in [-0.39, 0.29) is 12.6 Å². The fourth-order valence-electron chi connectivity index (χ4n) is 4.71. The van der Waals surface area contributed by atoms with Crippen molar-refractivity contribution in [2.24, 2.45) is 0 Å². The Labute approximate surface area is 218 Å². The summed E-state index contributed by atoms with van der Waals surface area (Å²) in [6, 6.07) is 22.0. The van der Waals surface area contributed by atoms with Crippen molar-refractivity contribution in [1.82, 2.24) is 15.3 Å². The predicted octanol–water partition coefficient (Wildman–Crippen LogP) is 5.20. The van der Waals surface area contributed by atoms with E-state index in [0.29, 0.717) is 27.1 Å². The van der Waals surface area contributed by atoms with Gasteiger partial charge in [-0.3, -0.25) is 5.32 Å². The zero-order valence-electron chi connectivity index (χ0n) is 19.7. The van der Waals surface area contributed by atoms with E-state index in [4.69, 9.17) is 28.2 Å². The van der Waals surface area contributed by atoms with Gasteiger partial charge in [0, 0.05) is 39.9 Å². The lowest BCUT2D eigenvalue weighted by Crippen LogP contribution is -2.56. The molecular formula is C27H25ClN4O3S. The van der Waals surface area contributed by atoms with Crippen LogP contribution in [0.5, 0.6) is 0 Å². The second-order valence-electron chi connectivity index (χ2n) is 9.11. The fraction of sp³-hybridized carbons (Fsp3) is 0.185. The monoisotopic (exact) mass is 520 g/mol. The zero-order chi connectivity index (χ0) is 25.4. The number of halogens is 1. The van der Waals surface area contributed by atoms with E-state index < -0.39 is 16.4 Å². The van der Waals surface area contributed by atoms with Gasteiger partial charge in [-0.1, -0.05) is 41.9 Å². The van der Waals surface area contributed by atoms with Crippen LogP contribution in [0.1, 0.15) is 22.7 Å². The maximum absolute atomic E-state index is 13.7. The first kappa shape index (κ1) is 24.4. The number of aryl methyl sites for hydroxylation is 1. The summed E-state index contributed by atoms with van der Waals surface area (Å²) in [5.74, 6) is 0. The lowest BCUT2D eigenvalue weighted by atomic mass is 9.97. The third kappa shape index (κ3) is 5.00. The van der Waals surface area contributed by atoms with Crippen LogP contribution in [0.3, 0.4) is 0 Å². The number of hydrogen-bond acceptors (Lipinski definition) is 5. The van der Waals surface area contributed by atoms with Crippen LogP contribution in [0.15, 0.2) is 82.0 Å². The third-order valence-corrected chi connectivity index (χ3v) is 6.81. The topological polar surface area (TPSA) is 89.4 Å². The average Bonchev–Trinajstić information content (AvgIpc) is 2.92. The molecule has 7 nitrogen and oxygen atoms in total. The molecule has 1 aliphatic heterocycles. The molecule has 3 N–H and O–H groups in total. The van der Waals surface area contributed by atoms with Gasteiger partial charge in [-0.15, -0.1) is 0 Å². The molecule has 0 bridgehead atoms. The van der Waals surface area contributed by atoms with Gasteiger partial charge >= 0.3 is 5.63 Å². The highest BCUT2D eigenvalue weighted by Crippen LogP contribution is 2.37.